The number of aromatic amines is 1. The van der Waals surface area contributed by atoms with Gasteiger partial charge in [-0.1, -0.05) is 6.92 Å². The zero-order valence-corrected chi connectivity index (χ0v) is 14.3. The SMILES string of the molecule is CC#CCC.Cn1cnc2c(C#N)c(N3CCNCC3)[nH]c2c1=O. The highest BCUT2D eigenvalue weighted by Crippen LogP contribution is 2.25. The van der Waals surface area contributed by atoms with Crippen LogP contribution in [0.4, 0.5) is 5.82 Å². The Labute approximate surface area is 141 Å². The van der Waals surface area contributed by atoms with Gasteiger partial charge in [0.1, 0.15) is 28.5 Å². The maximum absolute atomic E-state index is 12.0. The van der Waals surface area contributed by atoms with Crippen molar-refractivity contribution in [1.29, 1.82) is 5.26 Å². The summed E-state index contributed by atoms with van der Waals surface area (Å²) in [6, 6.07) is 2.16. The molecule has 2 aromatic rings. The van der Waals surface area contributed by atoms with Crippen LogP contribution in [0.15, 0.2) is 11.1 Å². The molecule has 24 heavy (non-hydrogen) atoms. The van der Waals surface area contributed by atoms with Crippen LogP contribution in [0.25, 0.3) is 11.0 Å². The van der Waals surface area contributed by atoms with Gasteiger partial charge in [0.2, 0.25) is 0 Å². The second-order valence-electron chi connectivity index (χ2n) is 5.36. The van der Waals surface area contributed by atoms with Gasteiger partial charge in [0, 0.05) is 39.6 Å². The van der Waals surface area contributed by atoms with Crippen LogP contribution in [0.3, 0.4) is 0 Å². The van der Waals surface area contributed by atoms with E-state index >= 15 is 0 Å². The van der Waals surface area contributed by atoms with Crippen molar-refractivity contribution in [3.8, 4) is 17.9 Å². The fourth-order valence-electron chi connectivity index (χ4n) is 2.54. The summed E-state index contributed by atoms with van der Waals surface area (Å²) in [5.74, 6) is 6.33. The maximum Gasteiger partial charge on any atom is 0.277 e. The molecular formula is C17H22N6O. The van der Waals surface area contributed by atoms with Gasteiger partial charge in [-0.2, -0.15) is 5.26 Å². The molecule has 1 saturated heterocycles. The van der Waals surface area contributed by atoms with E-state index in [0.29, 0.717) is 22.4 Å². The first-order valence-corrected chi connectivity index (χ1v) is 7.96. The highest BCUT2D eigenvalue weighted by molar-refractivity contribution is 5.88. The van der Waals surface area contributed by atoms with Gasteiger partial charge in [0.15, 0.2) is 0 Å². The second-order valence-corrected chi connectivity index (χ2v) is 5.36. The lowest BCUT2D eigenvalue weighted by molar-refractivity contribution is 0.586. The predicted molar refractivity (Wildman–Crippen MR) is 94.9 cm³/mol. The number of hydrogen-bond donors (Lipinski definition) is 2. The zero-order valence-electron chi connectivity index (χ0n) is 14.3. The summed E-state index contributed by atoms with van der Waals surface area (Å²) < 4.78 is 1.40. The highest BCUT2D eigenvalue weighted by Gasteiger charge is 2.21. The Hall–Kier alpha value is -2.77. The van der Waals surface area contributed by atoms with Crippen molar-refractivity contribution in [1.82, 2.24) is 19.9 Å². The fraction of sp³-hybridized carbons (Fsp3) is 0.471. The van der Waals surface area contributed by atoms with Crippen LogP contribution in [0.1, 0.15) is 25.8 Å². The molecule has 0 atom stereocenters. The molecule has 0 spiro atoms. The minimum Gasteiger partial charge on any atom is -0.354 e. The number of aryl methyl sites for hydroxylation is 1. The van der Waals surface area contributed by atoms with E-state index in [1.165, 1.54) is 10.9 Å². The molecule has 3 rings (SSSR count). The molecule has 3 heterocycles. The van der Waals surface area contributed by atoms with Crippen molar-refractivity contribution >= 4 is 16.9 Å². The van der Waals surface area contributed by atoms with Crippen molar-refractivity contribution in [2.24, 2.45) is 7.05 Å². The van der Waals surface area contributed by atoms with Crippen molar-refractivity contribution in [2.45, 2.75) is 20.3 Å². The van der Waals surface area contributed by atoms with Crippen LogP contribution < -0.4 is 15.8 Å². The summed E-state index contributed by atoms with van der Waals surface area (Å²) in [4.78, 5) is 21.4. The first-order valence-electron chi connectivity index (χ1n) is 7.96. The van der Waals surface area contributed by atoms with Gasteiger partial charge in [-0.25, -0.2) is 4.98 Å². The Morgan fingerprint density at radius 3 is 2.62 bits per heavy atom. The average Bonchev–Trinajstić information content (AvgIpc) is 2.99. The first-order chi connectivity index (χ1) is 11.6. The van der Waals surface area contributed by atoms with E-state index in [4.69, 9.17) is 0 Å². The topological polar surface area (TPSA) is 89.7 Å². The quantitative estimate of drug-likeness (QED) is 0.762. The number of nitrogens with zero attached hydrogens (tertiary/aromatic N) is 4. The Bertz CT molecular complexity index is 855. The average molecular weight is 326 g/mol. The van der Waals surface area contributed by atoms with Gasteiger partial charge in [0.05, 0.1) is 6.33 Å². The van der Waals surface area contributed by atoms with E-state index in [2.05, 4.69) is 38.1 Å². The van der Waals surface area contributed by atoms with E-state index < -0.39 is 0 Å². The number of rotatable bonds is 1. The van der Waals surface area contributed by atoms with Gasteiger partial charge in [-0.15, -0.1) is 11.8 Å². The normalized spacial score (nSPS) is 13.5. The van der Waals surface area contributed by atoms with Crippen LogP contribution in [0, 0.1) is 23.2 Å². The van der Waals surface area contributed by atoms with Crippen molar-refractivity contribution in [2.75, 3.05) is 31.1 Å². The number of nitrogens with one attached hydrogen (secondary N) is 2. The molecule has 7 heteroatoms. The third kappa shape index (κ3) is 3.58. The van der Waals surface area contributed by atoms with E-state index in [1.54, 1.807) is 7.05 Å². The second kappa shape index (κ2) is 8.19. The zero-order chi connectivity index (χ0) is 17.5. The van der Waals surface area contributed by atoms with Gasteiger partial charge in [-0.3, -0.25) is 4.79 Å². The summed E-state index contributed by atoms with van der Waals surface area (Å²) in [7, 11) is 1.64. The lowest BCUT2D eigenvalue weighted by atomic mass is 10.2. The molecular weight excluding hydrogens is 304 g/mol. The molecule has 126 valence electrons. The first kappa shape index (κ1) is 17.6. The highest BCUT2D eigenvalue weighted by atomic mass is 16.1. The molecule has 0 amide bonds. The monoisotopic (exact) mass is 326 g/mol. The lowest BCUT2D eigenvalue weighted by Gasteiger charge is -2.28. The predicted octanol–water partition coefficient (Wildman–Crippen LogP) is 0.963. The van der Waals surface area contributed by atoms with Crippen LogP contribution in [0.5, 0.6) is 0 Å². The number of anilines is 1. The summed E-state index contributed by atoms with van der Waals surface area (Å²) >= 11 is 0. The number of nitriles is 1. The molecule has 0 radical (unpaired) electrons. The summed E-state index contributed by atoms with van der Waals surface area (Å²) in [5.41, 5.74) is 1.15. The molecule has 1 fully saturated rings. The Morgan fingerprint density at radius 1 is 1.38 bits per heavy atom. The molecule has 1 aliphatic heterocycles. The van der Waals surface area contributed by atoms with E-state index in [0.717, 1.165) is 32.6 Å². The van der Waals surface area contributed by atoms with Crippen LogP contribution in [-0.2, 0) is 7.05 Å². The molecule has 0 aromatic carbocycles. The standard InChI is InChI=1S/C12H14N6O.C5H8/c1-17-7-15-9-8(6-13)11(16-10(9)12(17)19)18-4-2-14-3-5-18;1-3-5-4-2/h7,14,16H,2-5H2,1H3;3H2,1-2H3. The summed E-state index contributed by atoms with van der Waals surface area (Å²) in [6.45, 7) is 7.24. The van der Waals surface area contributed by atoms with Crippen molar-refractivity contribution < 1.29 is 0 Å². The van der Waals surface area contributed by atoms with E-state index in [-0.39, 0.29) is 5.56 Å². The molecule has 1 aliphatic rings. The van der Waals surface area contributed by atoms with Gasteiger partial charge >= 0.3 is 0 Å². The Kier molecular flexibility index (Phi) is 6.00. The number of fused-ring (bicyclic) bond motifs is 1. The minimum atomic E-state index is -0.164. The Morgan fingerprint density at radius 2 is 2.08 bits per heavy atom. The number of piperazine rings is 1. The minimum absolute atomic E-state index is 0.164. The number of H-pyrrole nitrogens is 1. The summed E-state index contributed by atoms with van der Waals surface area (Å²) in [5, 5.41) is 12.6. The van der Waals surface area contributed by atoms with Gasteiger partial charge in [-0.05, 0) is 6.92 Å². The third-order valence-electron chi connectivity index (χ3n) is 3.75. The van der Waals surface area contributed by atoms with Gasteiger partial charge < -0.3 is 19.8 Å². The molecule has 7 nitrogen and oxygen atoms in total. The molecule has 2 N–H and O–H groups in total. The lowest BCUT2D eigenvalue weighted by Crippen LogP contribution is -2.44. The van der Waals surface area contributed by atoms with Crippen LogP contribution in [0.2, 0.25) is 0 Å². The summed E-state index contributed by atoms with van der Waals surface area (Å²) in [6.07, 6.45) is 2.43. The molecule has 0 aliphatic carbocycles. The van der Waals surface area contributed by atoms with Crippen molar-refractivity contribution in [3.63, 3.8) is 0 Å². The maximum atomic E-state index is 12.0. The number of aromatic nitrogens is 3. The molecule has 0 unspecified atom stereocenters. The third-order valence-corrected chi connectivity index (χ3v) is 3.75. The molecule has 2 aromatic heterocycles. The van der Waals surface area contributed by atoms with Crippen molar-refractivity contribution in [3.05, 3.63) is 22.2 Å². The van der Waals surface area contributed by atoms with E-state index in [9.17, 15) is 10.1 Å². The Balaban J connectivity index is 0.000000368. The smallest absolute Gasteiger partial charge is 0.277 e. The van der Waals surface area contributed by atoms with Crippen LogP contribution >= 0.6 is 0 Å². The number of hydrogen-bond acceptors (Lipinski definition) is 5. The fourth-order valence-corrected chi connectivity index (χ4v) is 2.54. The van der Waals surface area contributed by atoms with Crippen LogP contribution in [-0.4, -0.2) is 40.7 Å². The molecule has 0 saturated carbocycles. The van der Waals surface area contributed by atoms with Gasteiger partial charge in [0.25, 0.3) is 5.56 Å². The van der Waals surface area contributed by atoms with E-state index in [1.807, 2.05) is 13.8 Å². The molecule has 0 bridgehead atoms. The largest absolute Gasteiger partial charge is 0.354 e.